The second kappa shape index (κ2) is 9.34. The number of morpholine rings is 1. The monoisotopic (exact) mass is 449 g/mol. The van der Waals surface area contributed by atoms with Crippen molar-refractivity contribution in [2.24, 2.45) is 0 Å². The zero-order valence-electron chi connectivity index (χ0n) is 16.4. The molecular formula is C21H24ClN3O4S. The summed E-state index contributed by atoms with van der Waals surface area (Å²) < 4.78 is 5.44. The highest BCUT2D eigenvalue weighted by Gasteiger charge is 2.40. The molecule has 0 saturated carbocycles. The number of nitrogens with one attached hydrogen (secondary N) is 2. The first-order valence-electron chi connectivity index (χ1n) is 10.00. The third kappa shape index (κ3) is 4.32. The molecule has 2 aromatic rings. The van der Waals surface area contributed by atoms with Crippen LogP contribution in [0.15, 0.2) is 30.3 Å². The van der Waals surface area contributed by atoms with E-state index in [0.717, 1.165) is 29.2 Å². The van der Waals surface area contributed by atoms with Crippen LogP contribution in [0.3, 0.4) is 0 Å². The molecule has 1 aromatic heterocycles. The molecule has 160 valence electrons. The number of fused-ring (bicyclic) bond motifs is 1. The van der Waals surface area contributed by atoms with E-state index in [-0.39, 0.29) is 24.3 Å². The predicted octanol–water partition coefficient (Wildman–Crippen LogP) is 1.98. The van der Waals surface area contributed by atoms with Crippen molar-refractivity contribution in [3.8, 4) is 0 Å². The molecule has 1 saturated heterocycles. The highest BCUT2D eigenvalue weighted by atomic mass is 35.5. The summed E-state index contributed by atoms with van der Waals surface area (Å²) >= 11 is 7.53. The fraction of sp³-hybridized carbons (Fsp3) is 0.429. The third-order valence-corrected chi connectivity index (χ3v) is 6.84. The number of benzene rings is 1. The second-order valence-electron chi connectivity index (χ2n) is 7.32. The lowest BCUT2D eigenvalue weighted by Crippen LogP contribution is -2.53. The number of carbonyl (C=O) groups excluding carboxylic acids is 2. The fourth-order valence-corrected chi connectivity index (χ4v) is 5.16. The molecule has 0 radical (unpaired) electrons. The summed E-state index contributed by atoms with van der Waals surface area (Å²) in [6, 6.07) is 8.68. The molecule has 3 heterocycles. The number of hydrogen-bond donors (Lipinski definition) is 3. The van der Waals surface area contributed by atoms with Crippen LogP contribution in [-0.4, -0.2) is 62.4 Å². The maximum atomic E-state index is 12.9. The molecule has 7 nitrogen and oxygen atoms in total. The van der Waals surface area contributed by atoms with E-state index in [4.69, 9.17) is 21.4 Å². The van der Waals surface area contributed by atoms with E-state index in [2.05, 4.69) is 15.5 Å². The van der Waals surface area contributed by atoms with E-state index in [9.17, 15) is 9.59 Å². The number of aliphatic hydroxyl groups is 1. The number of hydrogen-bond acceptors (Lipinski definition) is 6. The molecule has 0 aliphatic carbocycles. The Bertz CT molecular complexity index is 911. The number of ether oxygens (including phenoxy) is 1. The summed E-state index contributed by atoms with van der Waals surface area (Å²) in [5.41, 5.74) is 1.77. The molecule has 3 N–H and O–H groups in total. The van der Waals surface area contributed by atoms with E-state index < -0.39 is 6.04 Å². The van der Waals surface area contributed by atoms with Gasteiger partial charge < -0.3 is 25.4 Å². The Labute approximate surface area is 184 Å². The molecule has 0 bridgehead atoms. The van der Waals surface area contributed by atoms with Crippen LogP contribution in [0.2, 0.25) is 5.02 Å². The summed E-state index contributed by atoms with van der Waals surface area (Å²) in [5, 5.41) is 16.3. The molecule has 30 heavy (non-hydrogen) atoms. The molecule has 2 aliphatic rings. The highest BCUT2D eigenvalue weighted by Crippen LogP contribution is 2.42. The van der Waals surface area contributed by atoms with Crippen LogP contribution in [0.5, 0.6) is 0 Å². The number of nitrogens with zero attached hydrogens (tertiary/aromatic N) is 1. The van der Waals surface area contributed by atoms with Gasteiger partial charge in [0.05, 0.1) is 23.1 Å². The van der Waals surface area contributed by atoms with Crippen LogP contribution < -0.4 is 15.5 Å². The molecule has 2 atom stereocenters. The van der Waals surface area contributed by atoms with E-state index in [0.29, 0.717) is 36.1 Å². The van der Waals surface area contributed by atoms with Crippen LogP contribution in [-0.2, 0) is 9.53 Å². The average molecular weight is 450 g/mol. The maximum absolute atomic E-state index is 12.9. The van der Waals surface area contributed by atoms with Gasteiger partial charge in [0.15, 0.2) is 0 Å². The largest absolute Gasteiger partial charge is 0.396 e. The number of rotatable bonds is 6. The van der Waals surface area contributed by atoms with Crippen molar-refractivity contribution in [1.29, 1.82) is 0 Å². The van der Waals surface area contributed by atoms with E-state index >= 15 is 0 Å². The predicted molar refractivity (Wildman–Crippen MR) is 117 cm³/mol. The first kappa shape index (κ1) is 21.1. The fourth-order valence-electron chi connectivity index (χ4n) is 3.87. The first-order chi connectivity index (χ1) is 14.6. The van der Waals surface area contributed by atoms with E-state index in [1.807, 2.05) is 18.2 Å². The van der Waals surface area contributed by atoms with Gasteiger partial charge in [-0.05, 0) is 35.7 Å². The number of aliphatic hydroxyl groups excluding tert-OH is 1. The van der Waals surface area contributed by atoms with Gasteiger partial charge in [-0.3, -0.25) is 9.59 Å². The van der Waals surface area contributed by atoms with Gasteiger partial charge in [-0.15, -0.1) is 11.3 Å². The number of anilines is 1. The minimum Gasteiger partial charge on any atom is -0.396 e. The Morgan fingerprint density at radius 3 is 2.73 bits per heavy atom. The summed E-state index contributed by atoms with van der Waals surface area (Å²) in [7, 11) is 0. The molecule has 9 heteroatoms. The zero-order chi connectivity index (χ0) is 21.1. The molecule has 1 aromatic carbocycles. The van der Waals surface area contributed by atoms with Gasteiger partial charge in [0.2, 0.25) is 5.91 Å². The lowest BCUT2D eigenvalue weighted by Gasteiger charge is -2.32. The van der Waals surface area contributed by atoms with E-state index in [1.54, 1.807) is 12.1 Å². The van der Waals surface area contributed by atoms with Gasteiger partial charge in [0.25, 0.3) is 5.91 Å². The standard InChI is InChI=1S/C21H24ClN3O4S/c22-14-4-2-13(3-5-14)17-15-12-16(25-7-10-29-11-8-25)30-19(15)21(28)24-18(17)20(27)23-6-1-9-26/h2-5,12,17-18,26H,1,6-11H2,(H,23,27)(H,24,28). The van der Waals surface area contributed by atoms with Gasteiger partial charge in [-0.25, -0.2) is 0 Å². The Morgan fingerprint density at radius 2 is 2.03 bits per heavy atom. The summed E-state index contributed by atoms with van der Waals surface area (Å²) in [6.07, 6.45) is 0.461. The Balaban J connectivity index is 1.71. The average Bonchev–Trinajstić information content (AvgIpc) is 3.21. The van der Waals surface area contributed by atoms with Crippen molar-refractivity contribution in [2.45, 2.75) is 18.4 Å². The quantitative estimate of drug-likeness (QED) is 0.587. The Kier molecular flexibility index (Phi) is 6.58. The number of halogens is 1. The molecule has 2 aliphatic heterocycles. The minimum absolute atomic E-state index is 0.00446. The third-order valence-electron chi connectivity index (χ3n) is 5.38. The summed E-state index contributed by atoms with van der Waals surface area (Å²) in [4.78, 5) is 28.7. The van der Waals surface area contributed by atoms with Crippen molar-refractivity contribution in [3.63, 3.8) is 0 Å². The lowest BCUT2D eigenvalue weighted by molar-refractivity contribution is -0.123. The van der Waals surface area contributed by atoms with Gasteiger partial charge in [0, 0.05) is 37.2 Å². The van der Waals surface area contributed by atoms with E-state index in [1.165, 1.54) is 11.3 Å². The lowest BCUT2D eigenvalue weighted by atomic mass is 9.82. The van der Waals surface area contributed by atoms with Gasteiger partial charge >= 0.3 is 0 Å². The summed E-state index contributed by atoms with van der Waals surface area (Å²) in [6.45, 7) is 3.21. The van der Waals surface area contributed by atoms with Crippen LogP contribution in [0.25, 0.3) is 0 Å². The van der Waals surface area contributed by atoms with Crippen LogP contribution >= 0.6 is 22.9 Å². The van der Waals surface area contributed by atoms with Gasteiger partial charge in [-0.1, -0.05) is 23.7 Å². The number of amides is 2. The molecule has 1 fully saturated rings. The van der Waals surface area contributed by atoms with Crippen molar-refractivity contribution < 1.29 is 19.4 Å². The molecule has 4 rings (SSSR count). The molecular weight excluding hydrogens is 426 g/mol. The highest BCUT2D eigenvalue weighted by molar-refractivity contribution is 7.18. The van der Waals surface area contributed by atoms with Crippen LogP contribution in [0, 0.1) is 0 Å². The SMILES string of the molecule is O=C1NC(C(=O)NCCCO)C(c2ccc(Cl)cc2)c2cc(N3CCOCC3)sc21. The Morgan fingerprint density at radius 1 is 1.30 bits per heavy atom. The van der Waals surface area contributed by atoms with Gasteiger partial charge in [-0.2, -0.15) is 0 Å². The minimum atomic E-state index is -0.739. The normalized spacial score (nSPS) is 21.1. The smallest absolute Gasteiger partial charge is 0.262 e. The van der Waals surface area contributed by atoms with Crippen molar-refractivity contribution in [1.82, 2.24) is 10.6 Å². The van der Waals surface area contributed by atoms with Crippen LogP contribution in [0.1, 0.15) is 33.1 Å². The number of carbonyl (C=O) groups is 2. The van der Waals surface area contributed by atoms with Crippen molar-refractivity contribution in [3.05, 3.63) is 51.4 Å². The molecule has 2 unspecified atom stereocenters. The zero-order valence-corrected chi connectivity index (χ0v) is 18.0. The first-order valence-corrected chi connectivity index (χ1v) is 11.2. The Hall–Kier alpha value is -2.13. The van der Waals surface area contributed by atoms with Crippen LogP contribution in [0.4, 0.5) is 5.00 Å². The van der Waals surface area contributed by atoms with Crippen molar-refractivity contribution in [2.75, 3.05) is 44.4 Å². The van der Waals surface area contributed by atoms with Gasteiger partial charge in [0.1, 0.15) is 6.04 Å². The molecule has 2 amide bonds. The topological polar surface area (TPSA) is 90.9 Å². The molecule has 0 spiro atoms. The van der Waals surface area contributed by atoms with Crippen molar-refractivity contribution >= 4 is 39.8 Å². The maximum Gasteiger partial charge on any atom is 0.262 e. The number of thiophene rings is 1. The summed E-state index contributed by atoms with van der Waals surface area (Å²) in [5.74, 6) is -0.821. The second-order valence-corrected chi connectivity index (χ2v) is 8.78.